The van der Waals surface area contributed by atoms with Crippen LogP contribution >= 0.6 is 58.2 Å². The summed E-state index contributed by atoms with van der Waals surface area (Å²) in [4.78, 5) is 57.0. The average Bonchev–Trinajstić information content (AvgIpc) is 3.37. The molecule has 9 nitrogen and oxygen atoms in total. The number of rotatable bonds is 8. The molecule has 1 saturated heterocycles. The standard InChI is InChI=1S/C34H23Cl4NO8S/c35-23-21-22(24(36)26(38)25(23)37)31(42)39(30(21)41)27-29(47-33(44)18-12-6-2-7-13-18)28(46-32(43)17-10-4-1-5-11-17)20(16-40)45-34(27)48-19-14-8-3-9-15-19/h1-15,20,27-29,34,40H,16H2/t20-,27-,28-,29-,34+/m1/s1. The third-order valence-corrected chi connectivity index (χ3v) is 10.7. The zero-order valence-electron chi connectivity index (χ0n) is 24.4. The van der Waals surface area contributed by atoms with E-state index in [1.165, 1.54) is 24.3 Å². The summed E-state index contributed by atoms with van der Waals surface area (Å²) >= 11 is 26.6. The van der Waals surface area contributed by atoms with Crippen LogP contribution in [0.15, 0.2) is 95.9 Å². The topological polar surface area (TPSA) is 119 Å². The SMILES string of the molecule is O=C(O[C@H]1[C@H](OC(=O)c2ccccc2)[C@@H](CO)O[C@@H](Sc2ccccc2)[C@@H]1N1C(=O)c2c(Cl)c(Cl)c(Cl)c(Cl)c2C1=O)c1ccccc1. The quantitative estimate of drug-likeness (QED) is 0.0863. The van der Waals surface area contributed by atoms with Crippen molar-refractivity contribution >= 4 is 81.9 Å². The monoisotopic (exact) mass is 745 g/mol. The number of amides is 2. The van der Waals surface area contributed by atoms with E-state index in [1.807, 2.05) is 0 Å². The number of esters is 2. The molecule has 0 spiro atoms. The molecule has 2 amide bonds. The Labute approximate surface area is 298 Å². The van der Waals surface area contributed by atoms with Crippen LogP contribution in [0, 0.1) is 0 Å². The van der Waals surface area contributed by atoms with Gasteiger partial charge in [-0.25, -0.2) is 9.59 Å². The number of imide groups is 1. The Morgan fingerprint density at radius 2 is 1.12 bits per heavy atom. The van der Waals surface area contributed by atoms with Crippen molar-refractivity contribution in [1.29, 1.82) is 0 Å². The van der Waals surface area contributed by atoms with Crippen molar-refractivity contribution in [2.75, 3.05) is 6.61 Å². The van der Waals surface area contributed by atoms with Crippen LogP contribution < -0.4 is 0 Å². The summed E-state index contributed by atoms with van der Waals surface area (Å²) in [6, 6.07) is 23.3. The summed E-state index contributed by atoms with van der Waals surface area (Å²) < 4.78 is 18.3. The molecule has 0 aromatic heterocycles. The molecule has 1 fully saturated rings. The second kappa shape index (κ2) is 14.5. The summed E-state index contributed by atoms with van der Waals surface area (Å²) in [5, 5.41) is 9.48. The largest absolute Gasteiger partial charge is 0.452 e. The highest BCUT2D eigenvalue weighted by molar-refractivity contribution is 7.99. The number of aliphatic hydroxyl groups is 1. The van der Waals surface area contributed by atoms with Gasteiger partial charge < -0.3 is 19.3 Å². The molecular weight excluding hydrogens is 724 g/mol. The fourth-order valence-electron chi connectivity index (χ4n) is 5.49. The minimum atomic E-state index is -1.58. The lowest BCUT2D eigenvalue weighted by Crippen LogP contribution is -2.66. The Morgan fingerprint density at radius 1 is 0.688 bits per heavy atom. The van der Waals surface area contributed by atoms with Crippen molar-refractivity contribution in [1.82, 2.24) is 4.90 Å². The Morgan fingerprint density at radius 3 is 1.58 bits per heavy atom. The van der Waals surface area contributed by atoms with Crippen LogP contribution in [0.5, 0.6) is 0 Å². The van der Waals surface area contributed by atoms with E-state index in [4.69, 9.17) is 60.6 Å². The molecule has 14 heteroatoms. The van der Waals surface area contributed by atoms with Gasteiger partial charge in [-0.1, -0.05) is 113 Å². The number of nitrogens with zero attached hydrogens (tertiary/aromatic N) is 1. The van der Waals surface area contributed by atoms with Gasteiger partial charge in [-0.15, -0.1) is 0 Å². The van der Waals surface area contributed by atoms with Crippen LogP contribution in [-0.4, -0.2) is 70.2 Å². The summed E-state index contributed by atoms with van der Waals surface area (Å²) in [5.74, 6) is -3.54. The number of benzene rings is 4. The van der Waals surface area contributed by atoms with Crippen molar-refractivity contribution < 1.29 is 38.5 Å². The van der Waals surface area contributed by atoms with E-state index in [0.29, 0.717) is 4.90 Å². The predicted molar refractivity (Wildman–Crippen MR) is 180 cm³/mol. The first-order chi connectivity index (χ1) is 23.1. The van der Waals surface area contributed by atoms with E-state index in [9.17, 15) is 24.3 Å². The fourth-order valence-corrected chi connectivity index (χ4v) is 7.70. The lowest BCUT2D eigenvalue weighted by molar-refractivity contribution is -0.184. The molecule has 2 heterocycles. The highest BCUT2D eigenvalue weighted by Gasteiger charge is 2.58. The van der Waals surface area contributed by atoms with Crippen molar-refractivity contribution in [3.05, 3.63) is 133 Å². The third kappa shape index (κ3) is 6.42. The summed E-state index contributed by atoms with van der Waals surface area (Å²) in [6.07, 6.45) is -4.37. The van der Waals surface area contributed by atoms with Gasteiger partial charge in [-0.3, -0.25) is 14.5 Å². The van der Waals surface area contributed by atoms with Gasteiger partial charge in [0, 0.05) is 4.90 Å². The van der Waals surface area contributed by atoms with E-state index in [0.717, 1.165) is 16.7 Å². The van der Waals surface area contributed by atoms with Crippen LogP contribution in [-0.2, 0) is 14.2 Å². The number of hydrogen-bond acceptors (Lipinski definition) is 9. The van der Waals surface area contributed by atoms with Crippen molar-refractivity contribution in [2.24, 2.45) is 0 Å². The molecule has 0 saturated carbocycles. The number of carbonyl (C=O) groups excluding carboxylic acids is 4. The molecule has 4 aromatic carbocycles. The number of hydrogen-bond donors (Lipinski definition) is 1. The molecule has 2 aliphatic rings. The average molecular weight is 747 g/mol. The van der Waals surface area contributed by atoms with Gasteiger partial charge in [0.1, 0.15) is 17.6 Å². The van der Waals surface area contributed by atoms with Crippen LogP contribution in [0.1, 0.15) is 41.4 Å². The molecule has 48 heavy (non-hydrogen) atoms. The number of halogens is 4. The lowest BCUT2D eigenvalue weighted by atomic mass is 9.95. The molecule has 0 aliphatic carbocycles. The number of fused-ring (bicyclic) bond motifs is 1. The van der Waals surface area contributed by atoms with Crippen molar-refractivity contribution in [3.63, 3.8) is 0 Å². The van der Waals surface area contributed by atoms with Gasteiger partial charge in [0.25, 0.3) is 11.8 Å². The minimum Gasteiger partial charge on any atom is -0.452 e. The first kappa shape index (κ1) is 34.3. The van der Waals surface area contributed by atoms with E-state index in [-0.39, 0.29) is 42.3 Å². The molecule has 0 radical (unpaired) electrons. The predicted octanol–water partition coefficient (Wildman–Crippen LogP) is 7.23. The van der Waals surface area contributed by atoms with Gasteiger partial charge in [-0.05, 0) is 36.4 Å². The van der Waals surface area contributed by atoms with Gasteiger partial charge in [0.2, 0.25) is 0 Å². The van der Waals surface area contributed by atoms with Crippen LogP contribution in [0.25, 0.3) is 0 Å². The second-order valence-corrected chi connectivity index (χ2v) is 13.3. The fraction of sp³-hybridized carbons (Fsp3) is 0.176. The Hall–Kier alpha value is -3.61. The van der Waals surface area contributed by atoms with Crippen LogP contribution in [0.4, 0.5) is 0 Å². The van der Waals surface area contributed by atoms with Gasteiger partial charge >= 0.3 is 11.9 Å². The maximum atomic E-state index is 14.2. The molecule has 6 rings (SSSR count). The molecule has 1 N–H and O–H groups in total. The number of aliphatic hydroxyl groups excluding tert-OH is 1. The van der Waals surface area contributed by atoms with E-state index in [1.54, 1.807) is 66.7 Å². The molecule has 246 valence electrons. The normalized spacial score (nSPS) is 21.9. The van der Waals surface area contributed by atoms with Gasteiger partial charge in [0.15, 0.2) is 12.2 Å². The summed E-state index contributed by atoms with van der Waals surface area (Å²) in [5.41, 5.74) is -1.51. The molecule has 0 unspecified atom stereocenters. The van der Waals surface area contributed by atoms with Gasteiger partial charge in [0.05, 0.1) is 49.0 Å². The van der Waals surface area contributed by atoms with Crippen molar-refractivity contribution in [3.8, 4) is 0 Å². The summed E-state index contributed by atoms with van der Waals surface area (Å²) in [7, 11) is 0. The first-order valence-corrected chi connectivity index (χ1v) is 16.8. The molecular formula is C34H23Cl4NO8S. The van der Waals surface area contributed by atoms with Gasteiger partial charge in [-0.2, -0.15) is 0 Å². The Kier molecular flexibility index (Phi) is 10.3. The van der Waals surface area contributed by atoms with E-state index >= 15 is 0 Å². The lowest BCUT2D eigenvalue weighted by Gasteiger charge is -2.47. The molecule has 0 bridgehead atoms. The third-order valence-electron chi connectivity index (χ3n) is 7.73. The smallest absolute Gasteiger partial charge is 0.338 e. The summed E-state index contributed by atoms with van der Waals surface area (Å²) in [6.45, 7) is -0.685. The number of carbonyl (C=O) groups is 4. The molecule has 2 aliphatic heterocycles. The zero-order valence-corrected chi connectivity index (χ0v) is 28.3. The minimum absolute atomic E-state index is 0.135. The zero-order chi connectivity index (χ0) is 34.1. The molecule has 4 aromatic rings. The van der Waals surface area contributed by atoms with Crippen LogP contribution in [0.3, 0.4) is 0 Å². The van der Waals surface area contributed by atoms with Crippen molar-refractivity contribution in [2.45, 2.75) is 34.7 Å². The molecule has 5 atom stereocenters. The second-order valence-electron chi connectivity index (χ2n) is 10.6. The highest BCUT2D eigenvalue weighted by Crippen LogP contribution is 2.48. The number of thioether (sulfide) groups is 1. The van der Waals surface area contributed by atoms with E-state index in [2.05, 4.69) is 0 Å². The number of ether oxygens (including phenoxy) is 3. The Balaban J connectivity index is 1.51. The maximum Gasteiger partial charge on any atom is 0.338 e. The highest BCUT2D eigenvalue weighted by atomic mass is 35.5. The maximum absolute atomic E-state index is 14.2. The van der Waals surface area contributed by atoms with Crippen LogP contribution in [0.2, 0.25) is 20.1 Å². The first-order valence-electron chi connectivity index (χ1n) is 14.4. The Bertz CT molecular complexity index is 1840. The van der Waals surface area contributed by atoms with E-state index < -0.39 is 60.1 Å².